The highest BCUT2D eigenvalue weighted by Gasteiger charge is 2.06. The topological polar surface area (TPSA) is 78.4 Å². The minimum absolute atomic E-state index is 0. The minimum atomic E-state index is -0.364. The number of benzene rings is 2. The molecule has 30 heavy (non-hydrogen) atoms. The second-order valence-corrected chi connectivity index (χ2v) is 6.39. The van der Waals surface area contributed by atoms with Crippen LogP contribution in [0.3, 0.4) is 0 Å². The molecule has 0 radical (unpaired) electrons. The van der Waals surface area contributed by atoms with Gasteiger partial charge in [0.25, 0.3) is 0 Å². The fourth-order valence-electron chi connectivity index (χ4n) is 2.67. The lowest BCUT2D eigenvalue weighted by Gasteiger charge is -2.01. The van der Waals surface area contributed by atoms with Gasteiger partial charge in [-0.2, -0.15) is 0 Å². The van der Waals surface area contributed by atoms with Crippen molar-refractivity contribution in [3.8, 4) is 0 Å². The van der Waals surface area contributed by atoms with Crippen molar-refractivity contribution in [3.05, 3.63) is 83.1 Å². The average Bonchev–Trinajstić information content (AvgIpc) is 2.77. The predicted molar refractivity (Wildman–Crippen MR) is 118 cm³/mol. The van der Waals surface area contributed by atoms with Gasteiger partial charge >= 0.3 is 11.9 Å². The number of hydrogen-bond acceptors (Lipinski definition) is 6. The first-order valence-electron chi connectivity index (χ1n) is 8.58. The summed E-state index contributed by atoms with van der Waals surface area (Å²) in [7, 11) is 2.72. The van der Waals surface area contributed by atoms with Gasteiger partial charge in [-0.05, 0) is 48.5 Å². The summed E-state index contributed by atoms with van der Waals surface area (Å²) in [6.45, 7) is 0. The fraction of sp³-hybridized carbons (Fsp3) is 0.130. The number of carbonyl (C=O) groups is 2. The van der Waals surface area contributed by atoms with Crippen molar-refractivity contribution in [2.45, 2.75) is 7.43 Å². The van der Waals surface area contributed by atoms with Crippen molar-refractivity contribution in [1.82, 2.24) is 9.97 Å². The van der Waals surface area contributed by atoms with E-state index in [9.17, 15) is 9.59 Å². The largest absolute Gasteiger partial charge is 0.465 e. The van der Waals surface area contributed by atoms with Crippen LogP contribution in [0.15, 0.2) is 67.0 Å². The van der Waals surface area contributed by atoms with Crippen LogP contribution >= 0.6 is 11.6 Å². The average molecular weight is 425 g/mol. The van der Waals surface area contributed by atoms with Crippen LogP contribution in [0.2, 0.25) is 5.02 Å². The summed E-state index contributed by atoms with van der Waals surface area (Å²) in [5.74, 6) is -0.687. The number of halogens is 1. The van der Waals surface area contributed by atoms with Crippen molar-refractivity contribution in [2.24, 2.45) is 0 Å². The van der Waals surface area contributed by atoms with Crippen LogP contribution in [0.5, 0.6) is 0 Å². The Morgan fingerprint density at radius 2 is 1.37 bits per heavy atom. The predicted octanol–water partition coefficient (Wildman–Crippen LogP) is 5.33. The first kappa shape index (κ1) is 22.8. The van der Waals surface area contributed by atoms with E-state index in [1.165, 1.54) is 14.2 Å². The third kappa shape index (κ3) is 5.30. The van der Waals surface area contributed by atoms with Crippen LogP contribution in [0.25, 0.3) is 21.8 Å². The van der Waals surface area contributed by atoms with Crippen LogP contribution in [-0.4, -0.2) is 36.1 Å². The summed E-state index contributed by atoms with van der Waals surface area (Å²) >= 11 is 5.81. The van der Waals surface area contributed by atoms with E-state index >= 15 is 0 Å². The van der Waals surface area contributed by atoms with Crippen LogP contribution in [0, 0.1) is 0 Å². The number of nitrogens with zero attached hydrogens (tertiary/aromatic N) is 2. The highest BCUT2D eigenvalue weighted by molar-refractivity contribution is 6.31. The number of rotatable bonds is 2. The highest BCUT2D eigenvalue weighted by Crippen LogP contribution is 2.18. The monoisotopic (exact) mass is 424 g/mol. The molecule has 0 saturated heterocycles. The van der Waals surface area contributed by atoms with Crippen LogP contribution in [0.1, 0.15) is 28.1 Å². The molecule has 0 aliphatic carbocycles. The van der Waals surface area contributed by atoms with Crippen molar-refractivity contribution in [3.63, 3.8) is 0 Å². The van der Waals surface area contributed by atoms with Crippen molar-refractivity contribution >= 4 is 45.3 Å². The molecule has 2 aromatic heterocycles. The van der Waals surface area contributed by atoms with Gasteiger partial charge in [0.1, 0.15) is 0 Å². The van der Waals surface area contributed by atoms with E-state index in [1.54, 1.807) is 48.8 Å². The summed E-state index contributed by atoms with van der Waals surface area (Å²) in [6, 6.07) is 15.9. The van der Waals surface area contributed by atoms with Gasteiger partial charge < -0.3 is 9.47 Å². The fourth-order valence-corrected chi connectivity index (χ4v) is 2.84. The molecule has 2 heterocycles. The van der Waals surface area contributed by atoms with Gasteiger partial charge in [0.15, 0.2) is 0 Å². The number of methoxy groups -OCH3 is 2. The Labute approximate surface area is 179 Å². The Morgan fingerprint density at radius 1 is 0.800 bits per heavy atom. The first-order valence-corrected chi connectivity index (χ1v) is 8.96. The van der Waals surface area contributed by atoms with E-state index in [-0.39, 0.29) is 19.4 Å². The quantitative estimate of drug-likeness (QED) is 0.404. The normalized spacial score (nSPS) is 9.83. The molecule has 0 bridgehead atoms. The Morgan fingerprint density at radius 3 is 1.97 bits per heavy atom. The smallest absolute Gasteiger partial charge is 0.337 e. The third-order valence-corrected chi connectivity index (χ3v) is 4.30. The van der Waals surface area contributed by atoms with Crippen LogP contribution in [-0.2, 0) is 9.47 Å². The summed E-state index contributed by atoms with van der Waals surface area (Å²) < 4.78 is 9.25. The van der Waals surface area contributed by atoms with Gasteiger partial charge in [0, 0.05) is 23.2 Å². The standard InChI is InChI=1S/C11H8ClNO2.C11H9NO2.CH4/c1-15-11(14)7-2-3-10-8(4-7)5-9(12)6-13-10;1-14-11(13)9-4-5-10-8(7-9)3-2-6-12-10;/h2-6H,1H3;2-7H,1H3;1H4. The lowest BCUT2D eigenvalue weighted by atomic mass is 10.1. The maximum absolute atomic E-state index is 11.3. The van der Waals surface area contributed by atoms with Crippen LogP contribution in [0.4, 0.5) is 0 Å². The van der Waals surface area contributed by atoms with Gasteiger partial charge in [-0.15, -0.1) is 0 Å². The van der Waals surface area contributed by atoms with Crippen molar-refractivity contribution < 1.29 is 19.1 Å². The third-order valence-electron chi connectivity index (χ3n) is 4.09. The number of esters is 2. The number of aromatic nitrogens is 2. The molecule has 0 N–H and O–H groups in total. The Hall–Kier alpha value is -3.51. The number of carbonyl (C=O) groups excluding carboxylic acids is 2. The maximum Gasteiger partial charge on any atom is 0.337 e. The second-order valence-electron chi connectivity index (χ2n) is 5.96. The van der Waals surface area contributed by atoms with Crippen molar-refractivity contribution in [2.75, 3.05) is 14.2 Å². The number of hydrogen-bond donors (Lipinski definition) is 0. The van der Waals surface area contributed by atoms with Gasteiger partial charge in [-0.25, -0.2) is 9.59 Å². The zero-order valence-electron chi connectivity index (χ0n) is 15.8. The molecular formula is C23H21ClN2O4. The van der Waals surface area contributed by atoms with Gasteiger partial charge in [-0.1, -0.05) is 25.1 Å². The minimum Gasteiger partial charge on any atom is -0.465 e. The molecule has 2 aromatic carbocycles. The molecule has 0 atom stereocenters. The van der Waals surface area contributed by atoms with Gasteiger partial charge in [-0.3, -0.25) is 9.97 Å². The SMILES string of the molecule is C.COC(=O)c1ccc2ncc(Cl)cc2c1.COC(=O)c1ccc2ncccc2c1. The molecule has 0 aliphatic rings. The van der Waals surface area contributed by atoms with Crippen LogP contribution < -0.4 is 0 Å². The Balaban J connectivity index is 0.000000207. The van der Waals surface area contributed by atoms with E-state index in [1.807, 2.05) is 18.2 Å². The highest BCUT2D eigenvalue weighted by atomic mass is 35.5. The molecule has 7 heteroatoms. The van der Waals surface area contributed by atoms with E-state index < -0.39 is 0 Å². The molecule has 0 aliphatic heterocycles. The molecule has 0 amide bonds. The van der Waals surface area contributed by atoms with E-state index in [0.29, 0.717) is 16.1 Å². The number of ether oxygens (including phenoxy) is 2. The summed E-state index contributed by atoms with van der Waals surface area (Å²) in [6.07, 6.45) is 3.29. The van der Waals surface area contributed by atoms with E-state index in [0.717, 1.165) is 21.8 Å². The van der Waals surface area contributed by atoms with Gasteiger partial charge in [0.05, 0.1) is 41.4 Å². The molecule has 0 saturated carbocycles. The zero-order chi connectivity index (χ0) is 20.8. The van der Waals surface area contributed by atoms with E-state index in [2.05, 4.69) is 19.4 Å². The summed E-state index contributed by atoms with van der Waals surface area (Å²) in [4.78, 5) is 30.8. The molecular weight excluding hydrogens is 404 g/mol. The number of pyridine rings is 2. The second kappa shape index (κ2) is 10.3. The zero-order valence-corrected chi connectivity index (χ0v) is 16.5. The maximum atomic E-state index is 11.3. The molecule has 0 spiro atoms. The van der Waals surface area contributed by atoms with Gasteiger partial charge in [0.2, 0.25) is 0 Å². The Bertz CT molecular complexity index is 1190. The molecule has 0 fully saturated rings. The van der Waals surface area contributed by atoms with Crippen molar-refractivity contribution in [1.29, 1.82) is 0 Å². The molecule has 4 aromatic rings. The summed E-state index contributed by atoms with van der Waals surface area (Å²) in [5, 5.41) is 2.31. The Kier molecular flexibility index (Phi) is 7.83. The molecule has 4 rings (SSSR count). The molecule has 6 nitrogen and oxygen atoms in total. The molecule has 154 valence electrons. The summed E-state index contributed by atoms with van der Waals surface area (Å²) in [5.41, 5.74) is 2.72. The molecule has 0 unspecified atom stereocenters. The lowest BCUT2D eigenvalue weighted by Crippen LogP contribution is -2.00. The number of fused-ring (bicyclic) bond motifs is 2. The van der Waals surface area contributed by atoms with E-state index in [4.69, 9.17) is 11.6 Å². The first-order chi connectivity index (χ1) is 14.0. The lowest BCUT2D eigenvalue weighted by molar-refractivity contribution is 0.0592.